The number of methoxy groups -OCH3 is 1. The van der Waals surface area contributed by atoms with Crippen LogP contribution in [-0.2, 0) is 4.79 Å². The first-order valence-electron chi connectivity index (χ1n) is 15.3. The molecule has 0 fully saturated rings. The maximum absolute atomic E-state index is 13.8. The topological polar surface area (TPSA) is 88.5 Å². The van der Waals surface area contributed by atoms with E-state index in [1.807, 2.05) is 81.4 Å². The number of carbonyl (C=O) groups is 2. The highest BCUT2D eigenvalue weighted by Crippen LogP contribution is 2.35. The average molecular weight is 596 g/mol. The summed E-state index contributed by atoms with van der Waals surface area (Å²) in [5.74, 6) is 1.56. The van der Waals surface area contributed by atoms with Gasteiger partial charge in [-0.3, -0.25) is 4.79 Å². The van der Waals surface area contributed by atoms with Gasteiger partial charge in [0.1, 0.15) is 18.1 Å². The number of urea groups is 1. The highest BCUT2D eigenvalue weighted by atomic mass is 16.5. The molecule has 4 aromatic rings. The minimum atomic E-state index is -0.311. The SMILES string of the molecule is COc1ccc(-n2nc(C)c(-c3ccccc3)c2NC(=O)CN(CC(C)C)C(=O)Nc2c(C(C)C)cccc2C(C)C)cc1. The molecule has 1 heterocycles. The molecular formula is C36H45N5O3. The van der Waals surface area contributed by atoms with Crippen LogP contribution < -0.4 is 15.4 Å². The summed E-state index contributed by atoms with van der Waals surface area (Å²) in [6.45, 7) is 14.8. The van der Waals surface area contributed by atoms with Crippen LogP contribution in [0.25, 0.3) is 16.8 Å². The molecule has 0 saturated carbocycles. The van der Waals surface area contributed by atoms with Crippen LogP contribution in [0.2, 0.25) is 0 Å². The number of ether oxygens (including phenoxy) is 1. The Morgan fingerprint density at radius 3 is 2.00 bits per heavy atom. The van der Waals surface area contributed by atoms with Gasteiger partial charge in [-0.05, 0) is 65.6 Å². The molecule has 0 aliphatic rings. The van der Waals surface area contributed by atoms with Crippen molar-refractivity contribution >= 4 is 23.4 Å². The number of hydrogen-bond acceptors (Lipinski definition) is 4. The van der Waals surface area contributed by atoms with Crippen molar-refractivity contribution in [2.75, 3.05) is 30.8 Å². The number of hydrogen-bond donors (Lipinski definition) is 2. The second-order valence-corrected chi connectivity index (χ2v) is 12.2. The van der Waals surface area contributed by atoms with E-state index in [0.29, 0.717) is 12.4 Å². The number of anilines is 2. The van der Waals surface area contributed by atoms with Gasteiger partial charge in [-0.1, -0.05) is 90.1 Å². The summed E-state index contributed by atoms with van der Waals surface area (Å²) in [6, 6.07) is 23.2. The van der Waals surface area contributed by atoms with Gasteiger partial charge in [-0.25, -0.2) is 9.48 Å². The number of amides is 3. The molecule has 1 aromatic heterocycles. The van der Waals surface area contributed by atoms with Crippen molar-refractivity contribution in [3.05, 3.63) is 89.6 Å². The Hall–Kier alpha value is -4.59. The predicted molar refractivity (Wildman–Crippen MR) is 179 cm³/mol. The number of rotatable bonds is 11. The lowest BCUT2D eigenvalue weighted by molar-refractivity contribution is -0.116. The standard InChI is InChI=1S/C36H45N5O3/c1-23(2)21-40(36(43)38-34-30(24(3)4)15-12-16-31(34)25(5)6)22-32(42)37-35-33(27-13-10-9-11-14-27)26(7)39-41(35)28-17-19-29(44-8)20-18-28/h9-20,23-25H,21-22H2,1-8H3,(H,37,42)(H,38,43). The Morgan fingerprint density at radius 2 is 1.45 bits per heavy atom. The van der Waals surface area contributed by atoms with E-state index in [1.165, 1.54) is 0 Å². The summed E-state index contributed by atoms with van der Waals surface area (Å²) in [5.41, 5.74) is 6.27. The monoisotopic (exact) mass is 595 g/mol. The van der Waals surface area contributed by atoms with Gasteiger partial charge in [0.2, 0.25) is 5.91 Å². The third-order valence-electron chi connectivity index (χ3n) is 7.51. The maximum atomic E-state index is 13.8. The van der Waals surface area contributed by atoms with E-state index in [2.05, 4.69) is 50.5 Å². The first kappa shape index (κ1) is 32.3. The van der Waals surface area contributed by atoms with Gasteiger partial charge in [0.15, 0.2) is 0 Å². The van der Waals surface area contributed by atoms with Crippen LogP contribution in [-0.4, -0.2) is 46.8 Å². The predicted octanol–water partition coefficient (Wildman–Crippen LogP) is 8.23. The Bertz CT molecular complexity index is 1550. The van der Waals surface area contributed by atoms with Crippen molar-refractivity contribution in [1.29, 1.82) is 0 Å². The molecule has 4 rings (SSSR count). The quantitative estimate of drug-likeness (QED) is 0.183. The fourth-order valence-corrected chi connectivity index (χ4v) is 5.39. The Morgan fingerprint density at radius 1 is 0.841 bits per heavy atom. The van der Waals surface area contributed by atoms with Crippen LogP contribution in [0.3, 0.4) is 0 Å². The van der Waals surface area contributed by atoms with Crippen molar-refractivity contribution in [2.24, 2.45) is 5.92 Å². The number of aromatic nitrogens is 2. The van der Waals surface area contributed by atoms with Crippen LogP contribution >= 0.6 is 0 Å². The molecule has 2 N–H and O–H groups in total. The van der Waals surface area contributed by atoms with Crippen molar-refractivity contribution in [3.63, 3.8) is 0 Å². The molecule has 0 unspecified atom stereocenters. The smallest absolute Gasteiger partial charge is 0.322 e. The molecule has 44 heavy (non-hydrogen) atoms. The highest BCUT2D eigenvalue weighted by Gasteiger charge is 2.25. The number of nitrogens with zero attached hydrogens (tertiary/aromatic N) is 3. The van der Waals surface area contributed by atoms with Crippen LogP contribution in [0.4, 0.5) is 16.3 Å². The van der Waals surface area contributed by atoms with Gasteiger partial charge in [0.05, 0.1) is 18.5 Å². The minimum Gasteiger partial charge on any atom is -0.497 e. The van der Waals surface area contributed by atoms with Crippen molar-refractivity contribution in [2.45, 2.75) is 60.3 Å². The first-order valence-corrected chi connectivity index (χ1v) is 15.3. The molecule has 0 spiro atoms. The molecule has 232 valence electrons. The van der Waals surface area contributed by atoms with E-state index in [9.17, 15) is 9.59 Å². The zero-order valence-corrected chi connectivity index (χ0v) is 27.1. The molecule has 3 amide bonds. The third kappa shape index (κ3) is 7.48. The molecule has 0 bridgehead atoms. The summed E-state index contributed by atoms with van der Waals surface area (Å²) in [6.07, 6.45) is 0. The van der Waals surface area contributed by atoms with Crippen LogP contribution in [0.15, 0.2) is 72.8 Å². The van der Waals surface area contributed by atoms with E-state index >= 15 is 0 Å². The number of nitrogens with one attached hydrogen (secondary N) is 2. The zero-order valence-electron chi connectivity index (χ0n) is 27.1. The lowest BCUT2D eigenvalue weighted by Gasteiger charge is -2.27. The molecule has 0 saturated heterocycles. The molecule has 3 aromatic carbocycles. The van der Waals surface area contributed by atoms with Crippen molar-refractivity contribution < 1.29 is 14.3 Å². The van der Waals surface area contributed by atoms with Crippen molar-refractivity contribution in [1.82, 2.24) is 14.7 Å². The van der Waals surface area contributed by atoms with E-state index in [-0.39, 0.29) is 36.2 Å². The molecule has 0 aliphatic heterocycles. The summed E-state index contributed by atoms with van der Waals surface area (Å²) in [4.78, 5) is 29.2. The molecular weight excluding hydrogens is 550 g/mol. The van der Waals surface area contributed by atoms with Gasteiger partial charge in [-0.2, -0.15) is 5.10 Å². The fraction of sp³-hybridized carbons (Fsp3) is 0.361. The summed E-state index contributed by atoms with van der Waals surface area (Å²) < 4.78 is 7.07. The van der Waals surface area contributed by atoms with Crippen molar-refractivity contribution in [3.8, 4) is 22.6 Å². The lowest BCUT2D eigenvalue weighted by Crippen LogP contribution is -2.43. The van der Waals surface area contributed by atoms with Gasteiger partial charge < -0.3 is 20.3 Å². The Labute approximate surface area is 261 Å². The number of benzene rings is 3. The average Bonchev–Trinajstić information content (AvgIpc) is 3.31. The van der Waals surface area contributed by atoms with Crippen LogP contribution in [0.5, 0.6) is 5.75 Å². The summed E-state index contributed by atoms with van der Waals surface area (Å²) in [5, 5.41) is 11.1. The van der Waals surface area contributed by atoms with Gasteiger partial charge in [0, 0.05) is 17.8 Å². The molecule has 8 nitrogen and oxygen atoms in total. The lowest BCUT2D eigenvalue weighted by atomic mass is 9.93. The second-order valence-electron chi connectivity index (χ2n) is 12.2. The van der Waals surface area contributed by atoms with Crippen LogP contribution in [0.1, 0.15) is 70.2 Å². The normalized spacial score (nSPS) is 11.2. The van der Waals surface area contributed by atoms with Gasteiger partial charge >= 0.3 is 6.03 Å². The first-order chi connectivity index (χ1) is 21.0. The van der Waals surface area contributed by atoms with E-state index in [4.69, 9.17) is 9.84 Å². The summed E-state index contributed by atoms with van der Waals surface area (Å²) in [7, 11) is 1.62. The molecule has 0 aliphatic carbocycles. The molecule has 0 radical (unpaired) electrons. The van der Waals surface area contributed by atoms with E-state index in [0.717, 1.165) is 45.1 Å². The molecule has 8 heteroatoms. The fourth-order valence-electron chi connectivity index (χ4n) is 5.39. The Balaban J connectivity index is 1.67. The van der Waals surface area contributed by atoms with E-state index < -0.39 is 0 Å². The largest absolute Gasteiger partial charge is 0.497 e. The zero-order chi connectivity index (χ0) is 32.0. The number of carbonyl (C=O) groups excluding carboxylic acids is 2. The minimum absolute atomic E-state index is 0.119. The second kappa shape index (κ2) is 14.3. The third-order valence-corrected chi connectivity index (χ3v) is 7.51. The highest BCUT2D eigenvalue weighted by molar-refractivity contribution is 5.99. The van der Waals surface area contributed by atoms with Gasteiger partial charge in [-0.15, -0.1) is 0 Å². The maximum Gasteiger partial charge on any atom is 0.322 e. The number of para-hydroxylation sites is 1. The van der Waals surface area contributed by atoms with Crippen LogP contribution in [0, 0.1) is 12.8 Å². The Kier molecular flexibility index (Phi) is 10.5. The van der Waals surface area contributed by atoms with Gasteiger partial charge in [0.25, 0.3) is 0 Å². The molecule has 0 atom stereocenters. The summed E-state index contributed by atoms with van der Waals surface area (Å²) >= 11 is 0. The number of aryl methyl sites for hydroxylation is 1. The van der Waals surface area contributed by atoms with E-state index in [1.54, 1.807) is 16.7 Å².